The summed E-state index contributed by atoms with van der Waals surface area (Å²) in [7, 11) is 1.30. The third-order valence-electron chi connectivity index (χ3n) is 7.37. The zero-order chi connectivity index (χ0) is 19.7. The molecular formula is C25H32F2O. The van der Waals surface area contributed by atoms with Gasteiger partial charge < -0.3 is 4.74 Å². The van der Waals surface area contributed by atoms with Gasteiger partial charge in [-0.15, -0.1) is 0 Å². The highest BCUT2D eigenvalue weighted by atomic mass is 19.1. The van der Waals surface area contributed by atoms with E-state index in [2.05, 4.69) is 6.92 Å². The monoisotopic (exact) mass is 386 g/mol. The molecule has 0 heterocycles. The molecular weight excluding hydrogens is 354 g/mol. The summed E-state index contributed by atoms with van der Waals surface area (Å²) in [5.41, 5.74) is 1.24. The van der Waals surface area contributed by atoms with Gasteiger partial charge in [-0.05, 0) is 72.8 Å². The van der Waals surface area contributed by atoms with Gasteiger partial charge in [0.05, 0.1) is 7.11 Å². The van der Waals surface area contributed by atoms with E-state index in [0.717, 1.165) is 17.8 Å². The van der Waals surface area contributed by atoms with E-state index in [4.69, 9.17) is 4.74 Å². The number of unbranched alkanes of at least 4 members (excludes halogenated alkanes) is 1. The molecule has 0 N–H and O–H groups in total. The number of halogens is 2. The summed E-state index contributed by atoms with van der Waals surface area (Å²) < 4.78 is 33.5. The lowest BCUT2D eigenvalue weighted by atomic mass is 9.63. The van der Waals surface area contributed by atoms with Crippen LogP contribution in [0.2, 0.25) is 0 Å². The second-order valence-electron chi connectivity index (χ2n) is 9.04. The van der Waals surface area contributed by atoms with E-state index in [-0.39, 0.29) is 5.75 Å². The highest BCUT2D eigenvalue weighted by molar-refractivity contribution is 5.85. The number of methoxy groups -OCH3 is 1. The lowest BCUT2D eigenvalue weighted by Crippen LogP contribution is -2.30. The highest BCUT2D eigenvalue weighted by Gasteiger charge is 2.35. The number of fused-ring (bicyclic) bond motifs is 2. The third-order valence-corrected chi connectivity index (χ3v) is 7.37. The first-order valence-electron chi connectivity index (χ1n) is 11.1. The normalized spacial score (nSPS) is 27.6. The standard InChI is InChI=1S/C25H32F2O/c1-3-4-5-16-6-7-18-13-19(9-8-17(18)12-16)20-10-11-22-21(14-20)15-23(26)25(28-2)24(22)27/h10-11,14-19H,3-9,12-13H2,1-2H3/t16?,17-,18?,19-/m1/s1. The van der Waals surface area contributed by atoms with Gasteiger partial charge >= 0.3 is 0 Å². The molecule has 0 radical (unpaired) electrons. The molecule has 2 aliphatic carbocycles. The fourth-order valence-electron chi connectivity index (χ4n) is 5.81. The second-order valence-corrected chi connectivity index (χ2v) is 9.04. The number of hydrogen-bond donors (Lipinski definition) is 0. The van der Waals surface area contributed by atoms with Crippen LogP contribution in [0.1, 0.15) is 76.2 Å². The first-order chi connectivity index (χ1) is 13.6. The zero-order valence-electron chi connectivity index (χ0n) is 17.1. The molecule has 152 valence electrons. The summed E-state index contributed by atoms with van der Waals surface area (Å²) in [5, 5.41) is 1.07. The summed E-state index contributed by atoms with van der Waals surface area (Å²) in [5.74, 6) is 1.67. The SMILES string of the molecule is CCCCC1CCC2C[C@H](c3ccc4c(F)c(OC)c(F)cc4c3)CC[C@@H]2C1. The van der Waals surface area contributed by atoms with Gasteiger partial charge in [0.25, 0.3) is 0 Å². The molecule has 2 aliphatic rings. The van der Waals surface area contributed by atoms with Gasteiger partial charge in [-0.25, -0.2) is 8.78 Å². The van der Waals surface area contributed by atoms with Crippen LogP contribution in [0.5, 0.6) is 5.75 Å². The van der Waals surface area contributed by atoms with Crippen LogP contribution in [-0.2, 0) is 0 Å². The van der Waals surface area contributed by atoms with E-state index >= 15 is 0 Å². The van der Waals surface area contributed by atoms with Crippen LogP contribution < -0.4 is 4.74 Å². The molecule has 0 saturated heterocycles. The maximum absolute atomic E-state index is 14.5. The van der Waals surface area contributed by atoms with Crippen molar-refractivity contribution in [3.63, 3.8) is 0 Å². The second kappa shape index (κ2) is 8.39. The van der Waals surface area contributed by atoms with Crippen LogP contribution in [0.15, 0.2) is 24.3 Å². The van der Waals surface area contributed by atoms with E-state index in [1.165, 1.54) is 76.5 Å². The summed E-state index contributed by atoms with van der Waals surface area (Å²) in [6, 6.07) is 7.25. The Bertz CT molecular complexity index is 831. The van der Waals surface area contributed by atoms with Crippen molar-refractivity contribution in [3.05, 3.63) is 41.5 Å². The van der Waals surface area contributed by atoms with Gasteiger partial charge in [0, 0.05) is 5.39 Å². The summed E-state index contributed by atoms with van der Waals surface area (Å²) in [6.45, 7) is 2.29. The first kappa shape index (κ1) is 19.7. The average molecular weight is 387 g/mol. The largest absolute Gasteiger partial charge is 0.491 e. The van der Waals surface area contributed by atoms with Crippen molar-refractivity contribution in [2.24, 2.45) is 17.8 Å². The molecule has 2 aromatic rings. The minimum absolute atomic E-state index is 0.291. The van der Waals surface area contributed by atoms with Crippen molar-refractivity contribution in [2.45, 2.75) is 70.6 Å². The van der Waals surface area contributed by atoms with Crippen molar-refractivity contribution in [1.82, 2.24) is 0 Å². The molecule has 4 atom stereocenters. The van der Waals surface area contributed by atoms with Crippen molar-refractivity contribution in [2.75, 3.05) is 7.11 Å². The number of ether oxygens (including phenoxy) is 1. The van der Waals surface area contributed by atoms with Gasteiger partial charge in [-0.3, -0.25) is 0 Å². The fraction of sp³-hybridized carbons (Fsp3) is 0.600. The van der Waals surface area contributed by atoms with Crippen molar-refractivity contribution in [3.8, 4) is 5.75 Å². The smallest absolute Gasteiger partial charge is 0.191 e. The first-order valence-corrected chi connectivity index (χ1v) is 11.1. The van der Waals surface area contributed by atoms with Gasteiger partial charge in [0.2, 0.25) is 0 Å². The van der Waals surface area contributed by atoms with Crippen LogP contribution in [-0.4, -0.2) is 7.11 Å². The predicted octanol–water partition coefficient (Wildman–Crippen LogP) is 7.62. The molecule has 2 saturated carbocycles. The van der Waals surface area contributed by atoms with E-state index in [0.29, 0.717) is 16.7 Å². The van der Waals surface area contributed by atoms with Gasteiger partial charge in [0.15, 0.2) is 17.4 Å². The molecule has 0 bridgehead atoms. The van der Waals surface area contributed by atoms with Crippen molar-refractivity contribution < 1.29 is 13.5 Å². The highest BCUT2D eigenvalue weighted by Crippen LogP contribution is 2.48. The Kier molecular flexibility index (Phi) is 5.89. The minimum Gasteiger partial charge on any atom is -0.491 e. The van der Waals surface area contributed by atoms with E-state index in [1.807, 2.05) is 12.1 Å². The van der Waals surface area contributed by atoms with Crippen LogP contribution in [0.3, 0.4) is 0 Å². The topological polar surface area (TPSA) is 9.23 Å². The number of rotatable bonds is 5. The fourth-order valence-corrected chi connectivity index (χ4v) is 5.81. The maximum Gasteiger partial charge on any atom is 0.191 e. The lowest BCUT2D eigenvalue weighted by Gasteiger charge is -2.42. The Morgan fingerprint density at radius 2 is 1.79 bits per heavy atom. The Morgan fingerprint density at radius 1 is 1.00 bits per heavy atom. The maximum atomic E-state index is 14.5. The third kappa shape index (κ3) is 3.77. The van der Waals surface area contributed by atoms with Crippen molar-refractivity contribution >= 4 is 10.8 Å². The molecule has 0 amide bonds. The summed E-state index contributed by atoms with van der Waals surface area (Å²) >= 11 is 0. The van der Waals surface area contributed by atoms with Gasteiger partial charge in [-0.1, -0.05) is 50.8 Å². The lowest BCUT2D eigenvalue weighted by molar-refractivity contribution is 0.113. The Balaban J connectivity index is 1.49. The Hall–Kier alpha value is -1.64. The summed E-state index contributed by atoms with van der Waals surface area (Å²) in [4.78, 5) is 0. The van der Waals surface area contributed by atoms with E-state index in [9.17, 15) is 8.78 Å². The average Bonchev–Trinajstić information content (AvgIpc) is 2.71. The predicted molar refractivity (Wildman–Crippen MR) is 111 cm³/mol. The Morgan fingerprint density at radius 3 is 2.57 bits per heavy atom. The summed E-state index contributed by atoms with van der Waals surface area (Å²) in [6.07, 6.45) is 12.0. The molecule has 0 aliphatic heterocycles. The quantitative estimate of drug-likeness (QED) is 0.513. The van der Waals surface area contributed by atoms with E-state index in [1.54, 1.807) is 6.07 Å². The molecule has 2 fully saturated rings. The molecule has 28 heavy (non-hydrogen) atoms. The van der Waals surface area contributed by atoms with Crippen molar-refractivity contribution in [1.29, 1.82) is 0 Å². The van der Waals surface area contributed by atoms with Crippen LogP contribution in [0.4, 0.5) is 8.78 Å². The Labute approximate surface area is 167 Å². The minimum atomic E-state index is -0.626. The molecule has 0 spiro atoms. The number of hydrogen-bond acceptors (Lipinski definition) is 1. The molecule has 3 heteroatoms. The van der Waals surface area contributed by atoms with Crippen LogP contribution in [0.25, 0.3) is 10.8 Å². The molecule has 2 unspecified atom stereocenters. The number of benzene rings is 2. The van der Waals surface area contributed by atoms with E-state index < -0.39 is 11.6 Å². The molecule has 0 aromatic heterocycles. The molecule has 2 aromatic carbocycles. The molecule has 1 nitrogen and oxygen atoms in total. The van der Waals surface area contributed by atoms with Crippen LogP contribution in [0, 0.1) is 29.4 Å². The molecule has 4 rings (SSSR count). The van der Waals surface area contributed by atoms with Gasteiger partial charge in [0.1, 0.15) is 0 Å². The van der Waals surface area contributed by atoms with Gasteiger partial charge in [-0.2, -0.15) is 0 Å². The van der Waals surface area contributed by atoms with Crippen LogP contribution >= 0.6 is 0 Å². The zero-order valence-corrected chi connectivity index (χ0v) is 17.1.